The number of aromatic nitrogens is 1. The number of hydrogen-bond donors (Lipinski definition) is 0. The fourth-order valence-corrected chi connectivity index (χ4v) is 1.32. The summed E-state index contributed by atoms with van der Waals surface area (Å²) in [4.78, 5) is 4.27. The number of furan rings is 1. The normalized spacial score (nSPS) is 10.1. The summed E-state index contributed by atoms with van der Waals surface area (Å²) in [7, 11) is 0. The van der Waals surface area contributed by atoms with E-state index in [1.54, 1.807) is 12.5 Å². The Hall–Kier alpha value is -1.09. The number of hydrogen-bond acceptors (Lipinski definition) is 2. The molecule has 0 aliphatic carbocycles. The van der Waals surface area contributed by atoms with Gasteiger partial charge in [0.2, 0.25) is 0 Å². The minimum absolute atomic E-state index is 0.834. The molecule has 0 saturated heterocycles. The van der Waals surface area contributed by atoms with Crippen LogP contribution in [-0.2, 0) is 0 Å². The van der Waals surface area contributed by atoms with Crippen LogP contribution >= 0.6 is 15.9 Å². The molecule has 2 heterocycles. The highest BCUT2D eigenvalue weighted by molar-refractivity contribution is 9.10. The van der Waals surface area contributed by atoms with Crippen molar-refractivity contribution < 1.29 is 4.42 Å². The van der Waals surface area contributed by atoms with Crippen LogP contribution in [0.5, 0.6) is 0 Å². The molecular formula is C9H6BrNO. The van der Waals surface area contributed by atoms with E-state index in [-0.39, 0.29) is 0 Å². The van der Waals surface area contributed by atoms with Gasteiger partial charge in [-0.1, -0.05) is 6.07 Å². The summed E-state index contributed by atoms with van der Waals surface area (Å²) in [6.45, 7) is 0. The average molecular weight is 224 g/mol. The summed E-state index contributed by atoms with van der Waals surface area (Å²) in [6, 6.07) is 7.66. The molecule has 60 valence electrons. The van der Waals surface area contributed by atoms with E-state index in [2.05, 4.69) is 20.9 Å². The molecule has 2 rings (SSSR count). The second-order valence-electron chi connectivity index (χ2n) is 2.36. The van der Waals surface area contributed by atoms with Gasteiger partial charge in [0.25, 0.3) is 0 Å². The molecule has 0 amide bonds. The fraction of sp³-hybridized carbons (Fsp3) is 0. The molecule has 0 aromatic carbocycles. The van der Waals surface area contributed by atoms with Crippen molar-refractivity contribution in [2.45, 2.75) is 0 Å². The van der Waals surface area contributed by atoms with Crippen LogP contribution in [0, 0.1) is 0 Å². The van der Waals surface area contributed by atoms with Crippen LogP contribution < -0.4 is 0 Å². The monoisotopic (exact) mass is 223 g/mol. The van der Waals surface area contributed by atoms with Crippen molar-refractivity contribution in [1.29, 1.82) is 0 Å². The van der Waals surface area contributed by atoms with E-state index >= 15 is 0 Å². The van der Waals surface area contributed by atoms with Crippen molar-refractivity contribution in [3.63, 3.8) is 0 Å². The molecular weight excluding hydrogens is 218 g/mol. The molecule has 12 heavy (non-hydrogen) atoms. The summed E-state index contributed by atoms with van der Waals surface area (Å²) in [5.74, 6) is 0. The summed E-state index contributed by atoms with van der Waals surface area (Å²) < 4.78 is 5.79. The number of halogens is 1. The standard InChI is InChI=1S/C9H6BrNO/c10-9-3-1-2-8(11-9)7-4-5-12-6-7/h1-6H. The number of rotatable bonds is 1. The van der Waals surface area contributed by atoms with Crippen molar-refractivity contribution in [3.05, 3.63) is 41.4 Å². The Labute approximate surface area is 78.4 Å². The van der Waals surface area contributed by atoms with Crippen LogP contribution in [0.1, 0.15) is 0 Å². The third-order valence-electron chi connectivity index (χ3n) is 1.53. The van der Waals surface area contributed by atoms with E-state index in [1.165, 1.54) is 0 Å². The molecule has 3 heteroatoms. The smallest absolute Gasteiger partial charge is 0.106 e. The van der Waals surface area contributed by atoms with E-state index in [0.29, 0.717) is 0 Å². The largest absolute Gasteiger partial charge is 0.472 e. The van der Waals surface area contributed by atoms with Crippen LogP contribution in [0.15, 0.2) is 45.8 Å². The van der Waals surface area contributed by atoms with Gasteiger partial charge < -0.3 is 4.42 Å². The quantitative estimate of drug-likeness (QED) is 0.695. The molecule has 2 aromatic rings. The van der Waals surface area contributed by atoms with Crippen LogP contribution in [0.3, 0.4) is 0 Å². The molecule has 0 aliphatic rings. The Balaban J connectivity index is 2.48. The molecule has 2 nitrogen and oxygen atoms in total. The van der Waals surface area contributed by atoms with Crippen LogP contribution in [0.25, 0.3) is 11.3 Å². The lowest BCUT2D eigenvalue weighted by molar-refractivity contribution is 0.568. The zero-order valence-electron chi connectivity index (χ0n) is 6.20. The van der Waals surface area contributed by atoms with Gasteiger partial charge >= 0.3 is 0 Å². The van der Waals surface area contributed by atoms with Gasteiger partial charge in [-0.2, -0.15) is 0 Å². The first kappa shape index (κ1) is 7.55. The summed E-state index contributed by atoms with van der Waals surface area (Å²) >= 11 is 3.31. The van der Waals surface area contributed by atoms with Gasteiger partial charge in [-0.05, 0) is 34.1 Å². The first-order valence-electron chi connectivity index (χ1n) is 3.51. The maximum absolute atomic E-state index is 4.95. The minimum Gasteiger partial charge on any atom is -0.472 e. The zero-order valence-corrected chi connectivity index (χ0v) is 7.78. The van der Waals surface area contributed by atoms with E-state index in [4.69, 9.17) is 4.42 Å². The molecule has 0 radical (unpaired) electrons. The molecule has 0 fully saturated rings. The predicted molar refractivity (Wildman–Crippen MR) is 49.6 cm³/mol. The van der Waals surface area contributed by atoms with Crippen molar-refractivity contribution in [2.75, 3.05) is 0 Å². The summed E-state index contributed by atoms with van der Waals surface area (Å²) in [5, 5.41) is 0. The third kappa shape index (κ3) is 1.41. The van der Waals surface area contributed by atoms with Crippen molar-refractivity contribution in [3.8, 4) is 11.3 Å². The van der Waals surface area contributed by atoms with Crippen LogP contribution in [0.4, 0.5) is 0 Å². The van der Waals surface area contributed by atoms with Gasteiger partial charge in [0.1, 0.15) is 4.60 Å². The lowest BCUT2D eigenvalue weighted by atomic mass is 10.2. The van der Waals surface area contributed by atoms with E-state index in [0.717, 1.165) is 15.9 Å². The molecule has 0 atom stereocenters. The first-order valence-corrected chi connectivity index (χ1v) is 4.31. The Morgan fingerprint density at radius 3 is 2.83 bits per heavy atom. The maximum atomic E-state index is 4.95. The first-order chi connectivity index (χ1) is 5.86. The van der Waals surface area contributed by atoms with Gasteiger partial charge in [-0.15, -0.1) is 0 Å². The second kappa shape index (κ2) is 3.11. The topological polar surface area (TPSA) is 26.0 Å². The molecule has 0 unspecified atom stereocenters. The van der Waals surface area contributed by atoms with E-state index < -0.39 is 0 Å². The van der Waals surface area contributed by atoms with Crippen molar-refractivity contribution in [2.24, 2.45) is 0 Å². The summed E-state index contributed by atoms with van der Waals surface area (Å²) in [5.41, 5.74) is 1.91. The van der Waals surface area contributed by atoms with E-state index in [9.17, 15) is 0 Å². The van der Waals surface area contributed by atoms with Gasteiger partial charge in [0.15, 0.2) is 0 Å². The Morgan fingerprint density at radius 2 is 2.17 bits per heavy atom. The Bertz CT molecular complexity index is 370. The van der Waals surface area contributed by atoms with Gasteiger partial charge in [-0.3, -0.25) is 0 Å². The van der Waals surface area contributed by atoms with Gasteiger partial charge in [0, 0.05) is 5.56 Å². The average Bonchev–Trinajstić information content (AvgIpc) is 2.56. The SMILES string of the molecule is Brc1cccc(-c2ccoc2)n1. The Kier molecular flexibility index (Phi) is 1.96. The molecule has 0 spiro atoms. The Morgan fingerprint density at radius 1 is 1.25 bits per heavy atom. The van der Waals surface area contributed by atoms with E-state index in [1.807, 2.05) is 24.3 Å². The molecule has 0 bridgehead atoms. The molecule has 0 N–H and O–H groups in total. The fourth-order valence-electron chi connectivity index (χ4n) is 0.979. The third-order valence-corrected chi connectivity index (χ3v) is 1.97. The van der Waals surface area contributed by atoms with Crippen LogP contribution in [0.2, 0.25) is 0 Å². The summed E-state index contributed by atoms with van der Waals surface area (Å²) in [6.07, 6.45) is 3.31. The zero-order chi connectivity index (χ0) is 8.39. The predicted octanol–water partition coefficient (Wildman–Crippen LogP) is 3.10. The highest BCUT2D eigenvalue weighted by Crippen LogP contribution is 2.18. The second-order valence-corrected chi connectivity index (χ2v) is 3.17. The van der Waals surface area contributed by atoms with Gasteiger partial charge in [0.05, 0.1) is 18.2 Å². The molecule has 2 aromatic heterocycles. The number of nitrogens with zero attached hydrogens (tertiary/aromatic N) is 1. The lowest BCUT2D eigenvalue weighted by Gasteiger charge is -1.94. The number of pyridine rings is 1. The van der Waals surface area contributed by atoms with Crippen LogP contribution in [-0.4, -0.2) is 4.98 Å². The highest BCUT2D eigenvalue weighted by Gasteiger charge is 1.99. The van der Waals surface area contributed by atoms with Crippen molar-refractivity contribution >= 4 is 15.9 Å². The minimum atomic E-state index is 0.834. The molecule has 0 aliphatic heterocycles. The molecule has 0 saturated carbocycles. The lowest BCUT2D eigenvalue weighted by Crippen LogP contribution is -1.79. The van der Waals surface area contributed by atoms with Gasteiger partial charge in [-0.25, -0.2) is 4.98 Å². The highest BCUT2D eigenvalue weighted by atomic mass is 79.9. The maximum Gasteiger partial charge on any atom is 0.106 e. The van der Waals surface area contributed by atoms with Crippen molar-refractivity contribution in [1.82, 2.24) is 4.98 Å².